The Kier molecular flexibility index (Phi) is 4.45. The lowest BCUT2D eigenvalue weighted by molar-refractivity contribution is 0.311. The summed E-state index contributed by atoms with van der Waals surface area (Å²) in [5.41, 5.74) is 0. The Morgan fingerprint density at radius 3 is 2.67 bits per heavy atom. The Morgan fingerprint density at radius 2 is 1.93 bits per heavy atom. The molecule has 2 atom stereocenters. The number of hydrogen-bond donors (Lipinski definition) is 1. The van der Waals surface area contributed by atoms with Gasteiger partial charge in [0, 0.05) is 19.1 Å². The quantitative estimate of drug-likeness (QED) is 0.749. The molecule has 1 saturated carbocycles. The molecule has 0 radical (unpaired) electrons. The van der Waals surface area contributed by atoms with Crippen LogP contribution in [0.15, 0.2) is 0 Å². The van der Waals surface area contributed by atoms with Crippen LogP contribution in [0.25, 0.3) is 0 Å². The van der Waals surface area contributed by atoms with E-state index in [1.807, 2.05) is 0 Å². The Balaban J connectivity index is 1.60. The molecule has 88 valence electrons. The maximum Gasteiger partial charge on any atom is 0.0107 e. The van der Waals surface area contributed by atoms with Crippen LogP contribution in [-0.2, 0) is 0 Å². The zero-order valence-electron chi connectivity index (χ0n) is 10.2. The first kappa shape index (κ1) is 11.4. The normalized spacial score (nSPS) is 32.6. The van der Waals surface area contributed by atoms with E-state index < -0.39 is 0 Å². The number of nitrogens with one attached hydrogen (secondary N) is 1. The molecule has 0 amide bonds. The highest BCUT2D eigenvalue weighted by atomic mass is 15.2. The van der Waals surface area contributed by atoms with Gasteiger partial charge in [-0.25, -0.2) is 0 Å². The third-order valence-electron chi connectivity index (χ3n) is 4.22. The topological polar surface area (TPSA) is 15.3 Å². The molecular weight excluding hydrogens is 184 g/mol. The van der Waals surface area contributed by atoms with E-state index in [4.69, 9.17) is 0 Å². The van der Waals surface area contributed by atoms with Crippen molar-refractivity contribution in [1.29, 1.82) is 0 Å². The highest BCUT2D eigenvalue weighted by molar-refractivity contribution is 4.82. The lowest BCUT2D eigenvalue weighted by Gasteiger charge is -2.22. The van der Waals surface area contributed by atoms with Crippen LogP contribution in [-0.4, -0.2) is 37.1 Å². The highest BCUT2D eigenvalue weighted by Crippen LogP contribution is 2.27. The number of hydrogen-bond acceptors (Lipinski definition) is 2. The predicted octanol–water partition coefficient (Wildman–Crippen LogP) is 2.25. The Labute approximate surface area is 94.4 Å². The van der Waals surface area contributed by atoms with Crippen molar-refractivity contribution in [2.24, 2.45) is 5.92 Å². The molecule has 0 bridgehead atoms. The first-order valence-electron chi connectivity index (χ1n) is 6.86. The van der Waals surface area contributed by atoms with Crippen molar-refractivity contribution in [2.45, 2.75) is 51.5 Å². The molecule has 2 unspecified atom stereocenters. The average molecular weight is 210 g/mol. The van der Waals surface area contributed by atoms with Crippen molar-refractivity contribution >= 4 is 0 Å². The summed E-state index contributed by atoms with van der Waals surface area (Å²) in [6, 6.07) is 0.831. The van der Waals surface area contributed by atoms with Gasteiger partial charge < -0.3 is 10.2 Å². The van der Waals surface area contributed by atoms with E-state index >= 15 is 0 Å². The molecule has 1 N–H and O–H groups in total. The Morgan fingerprint density at radius 1 is 1.13 bits per heavy atom. The van der Waals surface area contributed by atoms with Gasteiger partial charge >= 0.3 is 0 Å². The molecule has 0 aromatic heterocycles. The molecule has 1 heterocycles. The molecule has 2 nitrogen and oxygen atoms in total. The van der Waals surface area contributed by atoms with E-state index in [1.165, 1.54) is 64.7 Å². The molecule has 1 saturated heterocycles. The summed E-state index contributed by atoms with van der Waals surface area (Å²) >= 11 is 0. The fourth-order valence-electron chi connectivity index (χ4n) is 3.21. The molecule has 1 aliphatic carbocycles. The van der Waals surface area contributed by atoms with E-state index in [0.717, 1.165) is 12.0 Å². The smallest absolute Gasteiger partial charge is 0.0107 e. The van der Waals surface area contributed by atoms with Gasteiger partial charge in [0.25, 0.3) is 0 Å². The van der Waals surface area contributed by atoms with Gasteiger partial charge in [-0.15, -0.1) is 0 Å². The van der Waals surface area contributed by atoms with Crippen LogP contribution < -0.4 is 5.32 Å². The zero-order valence-corrected chi connectivity index (χ0v) is 10.2. The molecule has 0 aromatic rings. The minimum atomic E-state index is 0.831. The molecule has 2 aliphatic rings. The summed E-state index contributed by atoms with van der Waals surface area (Å²) in [6.07, 6.45) is 8.51. The third kappa shape index (κ3) is 3.18. The first-order chi connectivity index (χ1) is 7.40. The van der Waals surface area contributed by atoms with E-state index in [2.05, 4.69) is 17.1 Å². The molecular formula is C13H26N2. The van der Waals surface area contributed by atoms with Crippen molar-refractivity contribution in [1.82, 2.24) is 10.2 Å². The van der Waals surface area contributed by atoms with Gasteiger partial charge in [-0.1, -0.05) is 19.8 Å². The molecule has 1 aliphatic heterocycles. The fourth-order valence-corrected chi connectivity index (χ4v) is 3.21. The second-order valence-electron chi connectivity index (χ2n) is 5.21. The number of rotatable bonds is 5. The summed E-state index contributed by atoms with van der Waals surface area (Å²) < 4.78 is 0. The predicted molar refractivity (Wildman–Crippen MR) is 65.1 cm³/mol. The molecule has 0 spiro atoms. The maximum absolute atomic E-state index is 3.77. The van der Waals surface area contributed by atoms with Crippen LogP contribution in [0.1, 0.15) is 45.4 Å². The molecule has 15 heavy (non-hydrogen) atoms. The van der Waals surface area contributed by atoms with Crippen molar-refractivity contribution in [3.05, 3.63) is 0 Å². The van der Waals surface area contributed by atoms with Crippen molar-refractivity contribution < 1.29 is 0 Å². The summed E-state index contributed by atoms with van der Waals surface area (Å²) in [7, 11) is 0. The van der Waals surface area contributed by atoms with E-state index in [1.54, 1.807) is 0 Å². The lowest BCUT2D eigenvalue weighted by Crippen LogP contribution is -2.38. The minimum absolute atomic E-state index is 0.831. The Bertz CT molecular complexity index is 175. The minimum Gasteiger partial charge on any atom is -0.312 e. The standard InChI is InChI=1S/C13H26N2/c1-2-12-6-5-7-13(12)14-8-11-15-9-3-4-10-15/h12-14H,2-11H2,1H3. The fraction of sp³-hybridized carbons (Fsp3) is 1.00. The SMILES string of the molecule is CCC1CCCC1NCCN1CCCC1. The summed E-state index contributed by atoms with van der Waals surface area (Å²) in [5.74, 6) is 0.962. The van der Waals surface area contributed by atoms with E-state index in [0.29, 0.717) is 0 Å². The lowest BCUT2D eigenvalue weighted by atomic mass is 10.0. The summed E-state index contributed by atoms with van der Waals surface area (Å²) in [4.78, 5) is 2.60. The monoisotopic (exact) mass is 210 g/mol. The Hall–Kier alpha value is -0.0800. The van der Waals surface area contributed by atoms with Gasteiger partial charge in [-0.2, -0.15) is 0 Å². The van der Waals surface area contributed by atoms with Crippen LogP contribution in [0.3, 0.4) is 0 Å². The van der Waals surface area contributed by atoms with Crippen LogP contribution >= 0.6 is 0 Å². The largest absolute Gasteiger partial charge is 0.312 e. The number of likely N-dealkylation sites (tertiary alicyclic amines) is 1. The molecule has 2 rings (SSSR count). The van der Waals surface area contributed by atoms with Crippen molar-refractivity contribution in [3.63, 3.8) is 0 Å². The summed E-state index contributed by atoms with van der Waals surface area (Å²) in [5, 5.41) is 3.77. The van der Waals surface area contributed by atoms with Gasteiger partial charge in [0.2, 0.25) is 0 Å². The van der Waals surface area contributed by atoms with Gasteiger partial charge in [0.15, 0.2) is 0 Å². The number of nitrogens with zero attached hydrogens (tertiary/aromatic N) is 1. The van der Waals surface area contributed by atoms with E-state index in [9.17, 15) is 0 Å². The van der Waals surface area contributed by atoms with E-state index in [-0.39, 0.29) is 0 Å². The third-order valence-corrected chi connectivity index (χ3v) is 4.22. The maximum atomic E-state index is 3.77. The molecule has 0 aromatic carbocycles. The van der Waals surface area contributed by atoms with Gasteiger partial charge in [0.1, 0.15) is 0 Å². The molecule has 2 fully saturated rings. The second-order valence-corrected chi connectivity index (χ2v) is 5.21. The van der Waals surface area contributed by atoms with Crippen LogP contribution in [0.5, 0.6) is 0 Å². The summed E-state index contributed by atoms with van der Waals surface area (Å²) in [6.45, 7) is 7.49. The van der Waals surface area contributed by atoms with Gasteiger partial charge in [-0.3, -0.25) is 0 Å². The highest BCUT2D eigenvalue weighted by Gasteiger charge is 2.24. The van der Waals surface area contributed by atoms with Gasteiger partial charge in [-0.05, 0) is 44.7 Å². The zero-order chi connectivity index (χ0) is 10.5. The van der Waals surface area contributed by atoms with Crippen LogP contribution in [0.4, 0.5) is 0 Å². The average Bonchev–Trinajstić information content (AvgIpc) is 2.88. The first-order valence-corrected chi connectivity index (χ1v) is 6.86. The molecule has 2 heteroatoms. The van der Waals surface area contributed by atoms with Crippen molar-refractivity contribution in [3.8, 4) is 0 Å². The van der Waals surface area contributed by atoms with Crippen LogP contribution in [0, 0.1) is 5.92 Å². The van der Waals surface area contributed by atoms with Crippen molar-refractivity contribution in [2.75, 3.05) is 26.2 Å². The van der Waals surface area contributed by atoms with Gasteiger partial charge in [0.05, 0.1) is 0 Å². The second kappa shape index (κ2) is 5.86. The van der Waals surface area contributed by atoms with Crippen LogP contribution in [0.2, 0.25) is 0 Å².